The van der Waals surface area contributed by atoms with Gasteiger partial charge in [-0.2, -0.15) is 5.10 Å². The van der Waals surface area contributed by atoms with Crippen molar-refractivity contribution in [1.82, 2.24) is 15.1 Å². The molecule has 0 saturated heterocycles. The van der Waals surface area contributed by atoms with Crippen LogP contribution in [0.5, 0.6) is 0 Å². The van der Waals surface area contributed by atoms with Gasteiger partial charge in [-0.05, 0) is 19.4 Å². The first-order valence-corrected chi connectivity index (χ1v) is 6.60. The van der Waals surface area contributed by atoms with Crippen LogP contribution in [-0.4, -0.2) is 16.3 Å². The fourth-order valence-corrected chi connectivity index (χ4v) is 2.11. The summed E-state index contributed by atoms with van der Waals surface area (Å²) in [5.41, 5.74) is 4.88. The van der Waals surface area contributed by atoms with E-state index in [0.717, 1.165) is 18.8 Å². The lowest BCUT2D eigenvalue weighted by molar-refractivity contribution is 0.723. The molecule has 100 valence electrons. The molecule has 0 spiro atoms. The van der Waals surface area contributed by atoms with Gasteiger partial charge in [-0.25, -0.2) is 0 Å². The van der Waals surface area contributed by atoms with E-state index in [2.05, 4.69) is 60.7 Å². The monoisotopic (exact) mass is 255 g/mol. The minimum Gasteiger partial charge on any atom is -0.309 e. The van der Waals surface area contributed by atoms with Crippen molar-refractivity contribution >= 4 is 6.08 Å². The summed E-state index contributed by atoms with van der Waals surface area (Å²) in [6.45, 7) is 5.90. The van der Waals surface area contributed by atoms with Crippen LogP contribution in [0, 0.1) is 13.8 Å². The van der Waals surface area contributed by atoms with Crippen LogP contribution in [0.2, 0.25) is 0 Å². The quantitative estimate of drug-likeness (QED) is 0.833. The van der Waals surface area contributed by atoms with Gasteiger partial charge in [-0.3, -0.25) is 4.68 Å². The molecule has 3 heteroatoms. The smallest absolute Gasteiger partial charge is 0.0641 e. The molecule has 0 bridgehead atoms. The Hall–Kier alpha value is -1.87. The number of benzene rings is 1. The second kappa shape index (κ2) is 6.34. The maximum absolute atomic E-state index is 4.42. The molecule has 2 rings (SSSR count). The lowest BCUT2D eigenvalue weighted by atomic mass is 10.2. The summed E-state index contributed by atoms with van der Waals surface area (Å²) in [7, 11) is 1.99. The lowest BCUT2D eigenvalue weighted by Gasteiger charge is -2.02. The molecule has 1 aromatic heterocycles. The topological polar surface area (TPSA) is 29.9 Å². The van der Waals surface area contributed by atoms with Crippen LogP contribution in [0.4, 0.5) is 0 Å². The minimum atomic E-state index is 0.864. The number of aromatic nitrogens is 2. The van der Waals surface area contributed by atoms with E-state index in [1.165, 1.54) is 16.8 Å². The van der Waals surface area contributed by atoms with Crippen molar-refractivity contribution in [2.45, 2.75) is 20.4 Å². The van der Waals surface area contributed by atoms with E-state index in [1.807, 2.05) is 17.8 Å². The molecular formula is C16H21N3. The SMILES string of the molecule is Cc1nn(C)c(C)c1CNCC=Cc1ccccc1. The second-order valence-electron chi connectivity index (χ2n) is 4.72. The zero-order valence-electron chi connectivity index (χ0n) is 11.9. The third-order valence-electron chi connectivity index (χ3n) is 3.33. The molecule has 0 saturated carbocycles. The first-order valence-electron chi connectivity index (χ1n) is 6.60. The van der Waals surface area contributed by atoms with E-state index in [0.29, 0.717) is 0 Å². The van der Waals surface area contributed by atoms with Gasteiger partial charge in [0.1, 0.15) is 0 Å². The Morgan fingerprint density at radius 1 is 1.21 bits per heavy atom. The average molecular weight is 255 g/mol. The molecule has 0 amide bonds. The number of aryl methyl sites for hydroxylation is 2. The van der Waals surface area contributed by atoms with Crippen molar-refractivity contribution in [2.75, 3.05) is 6.54 Å². The fourth-order valence-electron chi connectivity index (χ4n) is 2.11. The maximum Gasteiger partial charge on any atom is 0.0641 e. The molecular weight excluding hydrogens is 234 g/mol. The van der Waals surface area contributed by atoms with Crippen LogP contribution < -0.4 is 5.32 Å². The van der Waals surface area contributed by atoms with E-state index < -0.39 is 0 Å². The van der Waals surface area contributed by atoms with Gasteiger partial charge in [-0.1, -0.05) is 42.5 Å². The summed E-state index contributed by atoms with van der Waals surface area (Å²) < 4.78 is 1.94. The minimum absolute atomic E-state index is 0.864. The average Bonchev–Trinajstić information content (AvgIpc) is 2.65. The zero-order chi connectivity index (χ0) is 13.7. The van der Waals surface area contributed by atoms with Crippen molar-refractivity contribution in [3.8, 4) is 0 Å². The summed E-state index contributed by atoms with van der Waals surface area (Å²) in [6.07, 6.45) is 4.28. The molecule has 0 atom stereocenters. The van der Waals surface area contributed by atoms with E-state index in [1.54, 1.807) is 0 Å². The highest BCUT2D eigenvalue weighted by Crippen LogP contribution is 2.10. The first-order chi connectivity index (χ1) is 9.18. The first kappa shape index (κ1) is 13.6. The Kier molecular flexibility index (Phi) is 4.53. The molecule has 2 aromatic rings. The van der Waals surface area contributed by atoms with Gasteiger partial charge in [0, 0.05) is 31.4 Å². The molecule has 1 aromatic carbocycles. The Morgan fingerprint density at radius 3 is 2.58 bits per heavy atom. The van der Waals surface area contributed by atoms with Crippen molar-refractivity contribution in [1.29, 1.82) is 0 Å². The van der Waals surface area contributed by atoms with Crippen LogP contribution in [0.3, 0.4) is 0 Å². The number of nitrogens with one attached hydrogen (secondary N) is 1. The molecule has 0 radical (unpaired) electrons. The fraction of sp³-hybridized carbons (Fsp3) is 0.312. The van der Waals surface area contributed by atoms with E-state index in [9.17, 15) is 0 Å². The summed E-state index contributed by atoms with van der Waals surface area (Å²) in [6, 6.07) is 10.3. The summed E-state index contributed by atoms with van der Waals surface area (Å²) in [4.78, 5) is 0. The van der Waals surface area contributed by atoms with Crippen LogP contribution in [0.15, 0.2) is 36.4 Å². The third-order valence-corrected chi connectivity index (χ3v) is 3.33. The largest absolute Gasteiger partial charge is 0.309 e. The van der Waals surface area contributed by atoms with Crippen LogP contribution in [0.25, 0.3) is 6.08 Å². The Labute approximate surface area is 115 Å². The van der Waals surface area contributed by atoms with Gasteiger partial charge < -0.3 is 5.32 Å². The third kappa shape index (κ3) is 3.55. The van der Waals surface area contributed by atoms with Gasteiger partial charge in [0.2, 0.25) is 0 Å². The Balaban J connectivity index is 1.83. The summed E-state index contributed by atoms with van der Waals surface area (Å²) >= 11 is 0. The predicted octanol–water partition coefficient (Wildman–Crippen LogP) is 2.84. The molecule has 19 heavy (non-hydrogen) atoms. The second-order valence-corrected chi connectivity index (χ2v) is 4.72. The lowest BCUT2D eigenvalue weighted by Crippen LogP contribution is -2.14. The normalized spacial score (nSPS) is 11.3. The highest BCUT2D eigenvalue weighted by atomic mass is 15.3. The van der Waals surface area contributed by atoms with Gasteiger partial charge in [0.25, 0.3) is 0 Å². The highest BCUT2D eigenvalue weighted by molar-refractivity contribution is 5.48. The van der Waals surface area contributed by atoms with Crippen molar-refractivity contribution in [3.63, 3.8) is 0 Å². The number of hydrogen-bond acceptors (Lipinski definition) is 2. The molecule has 0 aliphatic heterocycles. The van der Waals surface area contributed by atoms with Gasteiger partial charge >= 0.3 is 0 Å². The standard InChI is InChI=1S/C16H21N3/c1-13-16(14(2)19(3)18-13)12-17-11-7-10-15-8-5-4-6-9-15/h4-10,17H,11-12H2,1-3H3. The summed E-state index contributed by atoms with van der Waals surface area (Å²) in [5, 5.41) is 7.84. The predicted molar refractivity (Wildman–Crippen MR) is 79.9 cm³/mol. The Morgan fingerprint density at radius 2 is 1.95 bits per heavy atom. The van der Waals surface area contributed by atoms with Crippen LogP contribution in [0.1, 0.15) is 22.5 Å². The van der Waals surface area contributed by atoms with Gasteiger partial charge in [0.05, 0.1) is 5.69 Å². The van der Waals surface area contributed by atoms with E-state index in [-0.39, 0.29) is 0 Å². The zero-order valence-corrected chi connectivity index (χ0v) is 11.9. The number of rotatable bonds is 5. The molecule has 0 aliphatic rings. The Bertz CT molecular complexity index is 553. The van der Waals surface area contributed by atoms with Crippen molar-refractivity contribution < 1.29 is 0 Å². The van der Waals surface area contributed by atoms with Crippen molar-refractivity contribution in [3.05, 3.63) is 58.9 Å². The van der Waals surface area contributed by atoms with E-state index in [4.69, 9.17) is 0 Å². The highest BCUT2D eigenvalue weighted by Gasteiger charge is 2.07. The van der Waals surface area contributed by atoms with Crippen LogP contribution in [-0.2, 0) is 13.6 Å². The number of hydrogen-bond donors (Lipinski definition) is 1. The molecule has 0 aliphatic carbocycles. The van der Waals surface area contributed by atoms with Gasteiger partial charge in [0.15, 0.2) is 0 Å². The molecule has 1 heterocycles. The van der Waals surface area contributed by atoms with Gasteiger partial charge in [-0.15, -0.1) is 0 Å². The number of nitrogens with zero attached hydrogens (tertiary/aromatic N) is 2. The maximum atomic E-state index is 4.42. The molecule has 3 nitrogen and oxygen atoms in total. The molecule has 1 N–H and O–H groups in total. The summed E-state index contributed by atoms with van der Waals surface area (Å²) in [5.74, 6) is 0. The van der Waals surface area contributed by atoms with Crippen LogP contribution >= 0.6 is 0 Å². The molecule has 0 fully saturated rings. The van der Waals surface area contributed by atoms with E-state index >= 15 is 0 Å². The van der Waals surface area contributed by atoms with Crippen molar-refractivity contribution in [2.24, 2.45) is 7.05 Å². The molecule has 0 unspecified atom stereocenters.